The summed E-state index contributed by atoms with van der Waals surface area (Å²) in [5.74, 6) is 0. The van der Waals surface area contributed by atoms with E-state index in [1.165, 1.54) is 0 Å². The van der Waals surface area contributed by atoms with Crippen LogP contribution < -0.4 is 5.56 Å². The number of hydrogen-bond acceptors (Lipinski definition) is 2. The summed E-state index contributed by atoms with van der Waals surface area (Å²) in [6, 6.07) is 10.8. The highest BCUT2D eigenvalue weighted by atomic mass is 79.9. The van der Waals surface area contributed by atoms with Gasteiger partial charge < -0.3 is 0 Å². The molecule has 0 aliphatic rings. The molecule has 0 fully saturated rings. The Kier molecular flexibility index (Phi) is 3.36. The van der Waals surface area contributed by atoms with Gasteiger partial charge in [0.2, 0.25) is 0 Å². The van der Waals surface area contributed by atoms with E-state index < -0.39 is 0 Å². The molecular formula is C15H10BrClN2O. The number of benzene rings is 2. The Morgan fingerprint density at radius 2 is 2.05 bits per heavy atom. The number of fused-ring (bicyclic) bond motifs is 1. The van der Waals surface area contributed by atoms with Crippen LogP contribution in [0.15, 0.2) is 52.0 Å². The van der Waals surface area contributed by atoms with Crippen molar-refractivity contribution < 1.29 is 0 Å². The molecule has 0 atom stereocenters. The number of halogens is 2. The molecule has 2 aromatic carbocycles. The first-order valence-electron chi connectivity index (χ1n) is 6.00. The second-order valence-corrected chi connectivity index (χ2v) is 5.76. The average Bonchev–Trinajstić information content (AvgIpc) is 2.44. The van der Waals surface area contributed by atoms with Crippen molar-refractivity contribution in [3.63, 3.8) is 0 Å². The molecule has 5 heteroatoms. The van der Waals surface area contributed by atoms with E-state index in [0.29, 0.717) is 15.9 Å². The van der Waals surface area contributed by atoms with Gasteiger partial charge in [-0.2, -0.15) is 0 Å². The zero-order valence-electron chi connectivity index (χ0n) is 10.6. The molecule has 0 N–H and O–H groups in total. The zero-order valence-corrected chi connectivity index (χ0v) is 12.9. The van der Waals surface area contributed by atoms with Crippen molar-refractivity contribution in [2.24, 2.45) is 0 Å². The largest absolute Gasteiger partial charge is 0.268 e. The van der Waals surface area contributed by atoms with Crippen LogP contribution in [-0.2, 0) is 0 Å². The third kappa shape index (κ3) is 2.15. The summed E-state index contributed by atoms with van der Waals surface area (Å²) >= 11 is 9.43. The van der Waals surface area contributed by atoms with Crippen LogP contribution in [0.1, 0.15) is 5.56 Å². The third-order valence-corrected chi connectivity index (χ3v) is 4.31. The summed E-state index contributed by atoms with van der Waals surface area (Å²) < 4.78 is 2.49. The lowest BCUT2D eigenvalue weighted by Gasteiger charge is -2.10. The number of hydrogen-bond donors (Lipinski definition) is 0. The first kappa shape index (κ1) is 13.3. The summed E-state index contributed by atoms with van der Waals surface area (Å²) in [7, 11) is 0. The molecule has 0 aliphatic heterocycles. The molecule has 1 heterocycles. The first-order chi connectivity index (χ1) is 9.58. The maximum atomic E-state index is 12.6. The van der Waals surface area contributed by atoms with E-state index in [2.05, 4.69) is 20.9 Å². The lowest BCUT2D eigenvalue weighted by atomic mass is 10.2. The van der Waals surface area contributed by atoms with E-state index in [1.807, 2.05) is 25.1 Å². The number of rotatable bonds is 1. The lowest BCUT2D eigenvalue weighted by molar-refractivity contribution is 0.951. The van der Waals surface area contributed by atoms with Crippen molar-refractivity contribution in [1.82, 2.24) is 9.55 Å². The normalized spacial score (nSPS) is 10.9. The Morgan fingerprint density at radius 3 is 2.85 bits per heavy atom. The Bertz CT molecular complexity index is 873. The highest BCUT2D eigenvalue weighted by Crippen LogP contribution is 2.22. The molecule has 0 saturated heterocycles. The standard InChI is InChI=1S/C15H10BrClN2O/c1-9-12(16)3-2-4-14(9)19-8-18-13-6-5-10(17)7-11(13)15(19)20/h2-8H,1H3. The molecule has 0 saturated carbocycles. The van der Waals surface area contributed by atoms with E-state index in [1.54, 1.807) is 29.1 Å². The van der Waals surface area contributed by atoms with Crippen LogP contribution in [0.5, 0.6) is 0 Å². The molecule has 20 heavy (non-hydrogen) atoms. The van der Waals surface area contributed by atoms with Crippen LogP contribution in [0.3, 0.4) is 0 Å². The first-order valence-corrected chi connectivity index (χ1v) is 7.17. The van der Waals surface area contributed by atoms with Crippen molar-refractivity contribution in [3.05, 3.63) is 68.1 Å². The molecule has 0 aliphatic carbocycles. The summed E-state index contributed by atoms with van der Waals surface area (Å²) in [6.45, 7) is 1.95. The Hall–Kier alpha value is -1.65. The van der Waals surface area contributed by atoms with E-state index in [-0.39, 0.29) is 5.56 Å². The number of nitrogens with zero attached hydrogens (tertiary/aromatic N) is 2. The fourth-order valence-corrected chi connectivity index (χ4v) is 2.65. The van der Waals surface area contributed by atoms with Crippen LogP contribution >= 0.6 is 27.5 Å². The van der Waals surface area contributed by atoms with Gasteiger partial charge >= 0.3 is 0 Å². The van der Waals surface area contributed by atoms with Crippen LogP contribution in [0.25, 0.3) is 16.6 Å². The summed E-state index contributed by atoms with van der Waals surface area (Å²) in [5, 5.41) is 1.04. The second-order valence-electron chi connectivity index (χ2n) is 4.47. The SMILES string of the molecule is Cc1c(Br)cccc1-n1cnc2ccc(Cl)cc2c1=O. The maximum absolute atomic E-state index is 12.6. The van der Waals surface area contributed by atoms with E-state index in [4.69, 9.17) is 11.6 Å². The second kappa shape index (κ2) is 5.04. The van der Waals surface area contributed by atoms with E-state index in [9.17, 15) is 4.79 Å². The van der Waals surface area contributed by atoms with Gasteiger partial charge in [0.15, 0.2) is 0 Å². The third-order valence-electron chi connectivity index (χ3n) is 3.22. The molecule has 0 radical (unpaired) electrons. The minimum absolute atomic E-state index is 0.126. The molecule has 3 nitrogen and oxygen atoms in total. The minimum atomic E-state index is -0.126. The molecule has 0 spiro atoms. The minimum Gasteiger partial charge on any atom is -0.268 e. The molecule has 0 unspecified atom stereocenters. The van der Waals surface area contributed by atoms with Crippen molar-refractivity contribution in [2.75, 3.05) is 0 Å². The Balaban J connectivity index is 2.35. The van der Waals surface area contributed by atoms with Gasteiger partial charge in [-0.25, -0.2) is 4.98 Å². The number of aromatic nitrogens is 2. The molecule has 1 aromatic heterocycles. The van der Waals surface area contributed by atoms with E-state index >= 15 is 0 Å². The Morgan fingerprint density at radius 1 is 1.25 bits per heavy atom. The molecule has 3 rings (SSSR count). The molecule has 100 valence electrons. The summed E-state index contributed by atoms with van der Waals surface area (Å²) in [4.78, 5) is 16.9. The molecule has 0 amide bonds. The predicted molar refractivity (Wildman–Crippen MR) is 84.8 cm³/mol. The van der Waals surface area contributed by atoms with Crippen molar-refractivity contribution in [2.45, 2.75) is 6.92 Å². The van der Waals surface area contributed by atoms with Gasteiger partial charge in [0.05, 0.1) is 16.6 Å². The summed E-state index contributed by atoms with van der Waals surface area (Å²) in [5.41, 5.74) is 2.30. The predicted octanol–water partition coefficient (Wildman–Crippen LogP) is 4.11. The van der Waals surface area contributed by atoms with E-state index in [0.717, 1.165) is 15.7 Å². The van der Waals surface area contributed by atoms with Gasteiger partial charge in [-0.3, -0.25) is 9.36 Å². The van der Waals surface area contributed by atoms with Gasteiger partial charge in [0.1, 0.15) is 6.33 Å². The van der Waals surface area contributed by atoms with Crippen molar-refractivity contribution in [3.8, 4) is 5.69 Å². The molecular weight excluding hydrogens is 340 g/mol. The fraction of sp³-hybridized carbons (Fsp3) is 0.0667. The highest BCUT2D eigenvalue weighted by molar-refractivity contribution is 9.10. The smallest absolute Gasteiger partial charge is 0.265 e. The van der Waals surface area contributed by atoms with Crippen LogP contribution in [0.4, 0.5) is 0 Å². The molecule has 3 aromatic rings. The Labute approximate surface area is 129 Å². The topological polar surface area (TPSA) is 34.9 Å². The highest BCUT2D eigenvalue weighted by Gasteiger charge is 2.09. The van der Waals surface area contributed by atoms with Gasteiger partial charge in [0.25, 0.3) is 5.56 Å². The van der Waals surface area contributed by atoms with Crippen LogP contribution in [0, 0.1) is 6.92 Å². The van der Waals surface area contributed by atoms with Gasteiger partial charge in [-0.15, -0.1) is 0 Å². The lowest BCUT2D eigenvalue weighted by Crippen LogP contribution is -2.19. The van der Waals surface area contributed by atoms with Gasteiger partial charge in [-0.05, 0) is 42.8 Å². The van der Waals surface area contributed by atoms with Crippen molar-refractivity contribution in [1.29, 1.82) is 0 Å². The quantitative estimate of drug-likeness (QED) is 0.662. The van der Waals surface area contributed by atoms with Gasteiger partial charge in [0, 0.05) is 9.50 Å². The monoisotopic (exact) mass is 348 g/mol. The maximum Gasteiger partial charge on any atom is 0.265 e. The zero-order chi connectivity index (χ0) is 14.3. The van der Waals surface area contributed by atoms with Crippen molar-refractivity contribution >= 4 is 38.4 Å². The average molecular weight is 350 g/mol. The van der Waals surface area contributed by atoms with Crippen LogP contribution in [-0.4, -0.2) is 9.55 Å². The van der Waals surface area contributed by atoms with Crippen LogP contribution in [0.2, 0.25) is 5.02 Å². The molecule has 0 bridgehead atoms. The summed E-state index contributed by atoms with van der Waals surface area (Å²) in [6.07, 6.45) is 1.55. The fourth-order valence-electron chi connectivity index (χ4n) is 2.12. The van der Waals surface area contributed by atoms with Gasteiger partial charge in [-0.1, -0.05) is 33.6 Å².